The van der Waals surface area contributed by atoms with Crippen molar-refractivity contribution in [1.29, 1.82) is 0 Å². The van der Waals surface area contributed by atoms with Crippen LogP contribution in [0, 0.1) is 0 Å². The van der Waals surface area contributed by atoms with Gasteiger partial charge in [0.15, 0.2) is 0 Å². The Morgan fingerprint density at radius 2 is 1.40 bits per heavy atom. The SMILES string of the molecule is C(=NCc1ccccc1)c1ccccc1. The van der Waals surface area contributed by atoms with Gasteiger partial charge >= 0.3 is 0 Å². The van der Waals surface area contributed by atoms with E-state index in [2.05, 4.69) is 29.3 Å². The fourth-order valence-electron chi connectivity index (χ4n) is 1.38. The van der Waals surface area contributed by atoms with Gasteiger partial charge in [0.1, 0.15) is 0 Å². The lowest BCUT2D eigenvalue weighted by Crippen LogP contribution is -1.83. The first-order valence-electron chi connectivity index (χ1n) is 5.04. The minimum absolute atomic E-state index is 0.746. The zero-order valence-corrected chi connectivity index (χ0v) is 8.51. The van der Waals surface area contributed by atoms with E-state index < -0.39 is 0 Å². The third kappa shape index (κ3) is 3.06. The lowest BCUT2D eigenvalue weighted by atomic mass is 10.2. The Morgan fingerprint density at radius 1 is 0.800 bits per heavy atom. The summed E-state index contributed by atoms with van der Waals surface area (Å²) in [6, 6.07) is 20.4. The van der Waals surface area contributed by atoms with Gasteiger partial charge in [0.05, 0.1) is 6.54 Å². The van der Waals surface area contributed by atoms with Gasteiger partial charge in [-0.1, -0.05) is 60.7 Å². The zero-order chi connectivity index (χ0) is 10.3. The van der Waals surface area contributed by atoms with E-state index in [9.17, 15) is 0 Å². The minimum atomic E-state index is 0.746. The van der Waals surface area contributed by atoms with E-state index in [1.165, 1.54) is 5.56 Å². The molecule has 0 fully saturated rings. The second-order valence-corrected chi connectivity index (χ2v) is 3.37. The Labute approximate surface area is 90.1 Å². The van der Waals surface area contributed by atoms with Crippen molar-refractivity contribution in [2.24, 2.45) is 4.99 Å². The van der Waals surface area contributed by atoms with Crippen molar-refractivity contribution in [2.45, 2.75) is 6.54 Å². The highest BCUT2D eigenvalue weighted by molar-refractivity contribution is 5.79. The average molecular weight is 195 g/mol. The largest absolute Gasteiger partial charge is 0.288 e. The van der Waals surface area contributed by atoms with Crippen molar-refractivity contribution < 1.29 is 0 Å². The molecule has 1 heteroatoms. The summed E-state index contributed by atoms with van der Waals surface area (Å²) in [4.78, 5) is 4.39. The third-order valence-electron chi connectivity index (χ3n) is 2.16. The van der Waals surface area contributed by atoms with Crippen molar-refractivity contribution in [1.82, 2.24) is 0 Å². The second-order valence-electron chi connectivity index (χ2n) is 3.37. The highest BCUT2D eigenvalue weighted by atomic mass is 14.7. The maximum atomic E-state index is 4.39. The molecule has 0 radical (unpaired) electrons. The summed E-state index contributed by atoms with van der Waals surface area (Å²) >= 11 is 0. The first-order valence-corrected chi connectivity index (χ1v) is 5.04. The fraction of sp³-hybridized carbons (Fsp3) is 0.0714. The van der Waals surface area contributed by atoms with Gasteiger partial charge in [0.2, 0.25) is 0 Å². The molecule has 15 heavy (non-hydrogen) atoms. The Bertz CT molecular complexity index is 418. The molecule has 74 valence electrons. The van der Waals surface area contributed by atoms with Crippen LogP contribution in [0.1, 0.15) is 11.1 Å². The molecule has 0 aliphatic rings. The van der Waals surface area contributed by atoms with Crippen LogP contribution in [-0.4, -0.2) is 6.21 Å². The Hall–Kier alpha value is -1.89. The van der Waals surface area contributed by atoms with Gasteiger partial charge in [-0.25, -0.2) is 0 Å². The molecule has 0 aromatic heterocycles. The van der Waals surface area contributed by atoms with Gasteiger partial charge in [-0.3, -0.25) is 4.99 Å². The van der Waals surface area contributed by atoms with Crippen molar-refractivity contribution in [3.05, 3.63) is 71.8 Å². The summed E-state index contributed by atoms with van der Waals surface area (Å²) in [5, 5.41) is 0. The van der Waals surface area contributed by atoms with E-state index in [-0.39, 0.29) is 0 Å². The standard InChI is InChI=1S/C14H13N/c1-3-7-13(8-4-1)11-15-12-14-9-5-2-6-10-14/h1-11H,12H2. The van der Waals surface area contributed by atoms with Crippen LogP contribution in [0.2, 0.25) is 0 Å². The fourth-order valence-corrected chi connectivity index (χ4v) is 1.38. The summed E-state index contributed by atoms with van der Waals surface area (Å²) in [6.45, 7) is 0.746. The van der Waals surface area contributed by atoms with Crippen LogP contribution in [0.4, 0.5) is 0 Å². The summed E-state index contributed by atoms with van der Waals surface area (Å²) in [5.41, 5.74) is 2.39. The molecule has 2 aromatic rings. The molecule has 0 saturated heterocycles. The normalized spacial score (nSPS) is 10.7. The van der Waals surface area contributed by atoms with Crippen LogP contribution >= 0.6 is 0 Å². The smallest absolute Gasteiger partial charge is 0.0639 e. The maximum Gasteiger partial charge on any atom is 0.0639 e. The van der Waals surface area contributed by atoms with Crippen molar-refractivity contribution in [3.63, 3.8) is 0 Å². The Morgan fingerprint density at radius 3 is 2.07 bits per heavy atom. The zero-order valence-electron chi connectivity index (χ0n) is 8.51. The third-order valence-corrected chi connectivity index (χ3v) is 2.16. The number of hydrogen-bond acceptors (Lipinski definition) is 1. The molecule has 0 unspecified atom stereocenters. The number of aliphatic imine (C=N–C) groups is 1. The second kappa shape index (κ2) is 5.11. The summed E-state index contributed by atoms with van der Waals surface area (Å²) < 4.78 is 0. The molecule has 2 rings (SSSR count). The quantitative estimate of drug-likeness (QED) is 0.666. The van der Waals surface area contributed by atoms with E-state index >= 15 is 0 Å². The van der Waals surface area contributed by atoms with Crippen LogP contribution in [0.5, 0.6) is 0 Å². The van der Waals surface area contributed by atoms with Crippen LogP contribution in [-0.2, 0) is 6.54 Å². The van der Waals surface area contributed by atoms with E-state index in [0.717, 1.165) is 12.1 Å². The summed E-state index contributed by atoms with van der Waals surface area (Å²) in [6.07, 6.45) is 1.91. The topological polar surface area (TPSA) is 12.4 Å². The maximum absolute atomic E-state index is 4.39. The van der Waals surface area contributed by atoms with Gasteiger partial charge in [0, 0.05) is 6.21 Å². The Balaban J connectivity index is 1.97. The lowest BCUT2D eigenvalue weighted by molar-refractivity contribution is 1.08. The van der Waals surface area contributed by atoms with E-state index in [4.69, 9.17) is 0 Å². The molecule has 2 aromatic carbocycles. The molecule has 0 spiro atoms. The summed E-state index contributed by atoms with van der Waals surface area (Å²) in [5.74, 6) is 0. The molecular formula is C14H13N. The van der Waals surface area contributed by atoms with Gasteiger partial charge in [-0.2, -0.15) is 0 Å². The highest BCUT2D eigenvalue weighted by Gasteiger charge is 1.87. The first-order chi connectivity index (χ1) is 7.45. The predicted octanol–water partition coefficient (Wildman–Crippen LogP) is 3.31. The predicted molar refractivity (Wildman–Crippen MR) is 64.2 cm³/mol. The molecule has 0 N–H and O–H groups in total. The van der Waals surface area contributed by atoms with E-state index in [0.29, 0.717) is 0 Å². The lowest BCUT2D eigenvalue weighted by Gasteiger charge is -1.94. The number of nitrogens with zero attached hydrogens (tertiary/aromatic N) is 1. The van der Waals surface area contributed by atoms with Crippen molar-refractivity contribution in [2.75, 3.05) is 0 Å². The van der Waals surface area contributed by atoms with Crippen molar-refractivity contribution in [3.8, 4) is 0 Å². The van der Waals surface area contributed by atoms with E-state index in [1.807, 2.05) is 42.6 Å². The minimum Gasteiger partial charge on any atom is -0.288 e. The van der Waals surface area contributed by atoms with E-state index in [1.54, 1.807) is 0 Å². The molecule has 1 nitrogen and oxygen atoms in total. The van der Waals surface area contributed by atoms with Gasteiger partial charge in [0.25, 0.3) is 0 Å². The highest BCUT2D eigenvalue weighted by Crippen LogP contribution is 2.00. The van der Waals surface area contributed by atoms with Gasteiger partial charge < -0.3 is 0 Å². The van der Waals surface area contributed by atoms with Crippen LogP contribution in [0.15, 0.2) is 65.7 Å². The van der Waals surface area contributed by atoms with Gasteiger partial charge in [-0.15, -0.1) is 0 Å². The molecule has 0 bridgehead atoms. The van der Waals surface area contributed by atoms with Crippen LogP contribution in [0.3, 0.4) is 0 Å². The molecule has 0 atom stereocenters. The number of rotatable bonds is 3. The molecule has 0 saturated carbocycles. The Kier molecular flexibility index (Phi) is 3.29. The van der Waals surface area contributed by atoms with Crippen LogP contribution < -0.4 is 0 Å². The monoisotopic (exact) mass is 195 g/mol. The number of hydrogen-bond donors (Lipinski definition) is 0. The van der Waals surface area contributed by atoms with Crippen molar-refractivity contribution >= 4 is 6.21 Å². The average Bonchev–Trinajstić information content (AvgIpc) is 2.32. The summed E-state index contributed by atoms with van der Waals surface area (Å²) in [7, 11) is 0. The molecular weight excluding hydrogens is 182 g/mol. The van der Waals surface area contributed by atoms with Crippen LogP contribution in [0.25, 0.3) is 0 Å². The first kappa shape index (κ1) is 9.66. The molecule has 0 aliphatic heterocycles. The molecule has 0 aliphatic carbocycles. The van der Waals surface area contributed by atoms with Gasteiger partial charge in [-0.05, 0) is 11.1 Å². The number of benzene rings is 2. The molecule has 0 amide bonds. The molecule has 0 heterocycles.